The molecule has 0 radical (unpaired) electrons. The van der Waals surface area contributed by atoms with Gasteiger partial charge in [-0.2, -0.15) is 0 Å². The molecular formula is C14H19F3N2O4. The summed E-state index contributed by atoms with van der Waals surface area (Å²) in [4.78, 5) is 11.5. The molecule has 0 saturated heterocycles. The van der Waals surface area contributed by atoms with Crippen molar-refractivity contribution < 1.29 is 32.5 Å². The Bertz CT molecular complexity index is 494. The van der Waals surface area contributed by atoms with E-state index in [0.29, 0.717) is 12.2 Å². The van der Waals surface area contributed by atoms with Crippen LogP contribution < -0.4 is 15.4 Å². The van der Waals surface area contributed by atoms with Crippen molar-refractivity contribution in [3.63, 3.8) is 0 Å². The van der Waals surface area contributed by atoms with Crippen LogP contribution in [0.3, 0.4) is 0 Å². The molecule has 0 aliphatic carbocycles. The molecule has 130 valence electrons. The van der Waals surface area contributed by atoms with Crippen molar-refractivity contribution in [3.8, 4) is 5.75 Å². The van der Waals surface area contributed by atoms with Gasteiger partial charge in [-0.05, 0) is 24.6 Å². The molecule has 0 aliphatic rings. The quantitative estimate of drug-likeness (QED) is 0.711. The van der Waals surface area contributed by atoms with E-state index in [-0.39, 0.29) is 18.3 Å². The summed E-state index contributed by atoms with van der Waals surface area (Å²) in [5, 5.41) is 14.9. The van der Waals surface area contributed by atoms with E-state index >= 15 is 0 Å². The van der Waals surface area contributed by atoms with Crippen molar-refractivity contribution in [1.82, 2.24) is 10.6 Å². The van der Waals surface area contributed by atoms with Crippen LogP contribution in [0.5, 0.6) is 5.75 Å². The lowest BCUT2D eigenvalue weighted by molar-refractivity contribution is -0.274. The summed E-state index contributed by atoms with van der Waals surface area (Å²) in [6.45, 7) is 2.00. The highest BCUT2D eigenvalue weighted by molar-refractivity contribution is 5.74. The van der Waals surface area contributed by atoms with Crippen LogP contribution in [0.2, 0.25) is 0 Å². The Morgan fingerprint density at radius 1 is 1.30 bits per heavy atom. The van der Waals surface area contributed by atoms with Gasteiger partial charge < -0.3 is 25.2 Å². The molecular weight excluding hydrogens is 317 g/mol. The third-order valence-electron chi connectivity index (χ3n) is 2.75. The van der Waals surface area contributed by atoms with Crippen LogP contribution in [0, 0.1) is 0 Å². The van der Waals surface area contributed by atoms with E-state index in [1.165, 1.54) is 19.2 Å². The minimum atomic E-state index is -4.77. The zero-order valence-electron chi connectivity index (χ0n) is 12.7. The van der Waals surface area contributed by atoms with Crippen LogP contribution in [-0.4, -0.2) is 43.8 Å². The molecule has 6 nitrogen and oxygen atoms in total. The van der Waals surface area contributed by atoms with Crippen molar-refractivity contribution >= 4 is 6.03 Å². The Morgan fingerprint density at radius 3 is 2.43 bits per heavy atom. The molecule has 0 bridgehead atoms. The Hall–Kier alpha value is -2.00. The summed E-state index contributed by atoms with van der Waals surface area (Å²) in [5.74, 6) is -0.382. The van der Waals surface area contributed by atoms with Crippen molar-refractivity contribution in [1.29, 1.82) is 0 Å². The van der Waals surface area contributed by atoms with Crippen LogP contribution in [0.15, 0.2) is 24.3 Å². The number of aliphatic hydroxyl groups excluding tert-OH is 1. The number of ether oxygens (including phenoxy) is 2. The lowest BCUT2D eigenvalue weighted by Crippen LogP contribution is -2.43. The number of methoxy groups -OCH3 is 1. The van der Waals surface area contributed by atoms with Crippen molar-refractivity contribution in [2.24, 2.45) is 0 Å². The predicted molar refractivity (Wildman–Crippen MR) is 76.0 cm³/mol. The van der Waals surface area contributed by atoms with Gasteiger partial charge in [0.2, 0.25) is 0 Å². The molecule has 0 heterocycles. The van der Waals surface area contributed by atoms with Gasteiger partial charge in [0, 0.05) is 13.7 Å². The molecule has 0 saturated carbocycles. The average molecular weight is 336 g/mol. The third-order valence-corrected chi connectivity index (χ3v) is 2.75. The number of carbonyl (C=O) groups excluding carboxylic acids is 1. The van der Waals surface area contributed by atoms with E-state index < -0.39 is 18.5 Å². The van der Waals surface area contributed by atoms with E-state index in [1.807, 2.05) is 0 Å². The fourth-order valence-electron chi connectivity index (χ4n) is 1.77. The number of carbonyl (C=O) groups is 1. The first-order valence-electron chi connectivity index (χ1n) is 6.78. The van der Waals surface area contributed by atoms with Crippen molar-refractivity contribution in [3.05, 3.63) is 29.8 Å². The van der Waals surface area contributed by atoms with Gasteiger partial charge in [0.15, 0.2) is 0 Å². The maximum Gasteiger partial charge on any atom is 0.573 e. The van der Waals surface area contributed by atoms with Gasteiger partial charge in [0.1, 0.15) is 5.75 Å². The molecule has 2 atom stereocenters. The molecule has 0 unspecified atom stereocenters. The van der Waals surface area contributed by atoms with E-state index in [9.17, 15) is 23.1 Å². The number of hydrogen-bond donors (Lipinski definition) is 3. The van der Waals surface area contributed by atoms with Crippen LogP contribution in [0.25, 0.3) is 0 Å². The number of rotatable bonds is 7. The third kappa shape index (κ3) is 7.71. The first kappa shape index (κ1) is 19.0. The topological polar surface area (TPSA) is 79.8 Å². The standard InChI is InChI=1S/C14H19F3N2O4/c1-9(8-22-2)19-13(21)18-7-12(20)10-3-5-11(6-4-10)23-14(15,16)17/h3-6,9,12,20H,7-8H2,1-2H3,(H2,18,19,21)/t9-,12+/m0/s1. The van der Waals surface area contributed by atoms with Gasteiger partial charge in [0.05, 0.1) is 18.8 Å². The van der Waals surface area contributed by atoms with Crippen LogP contribution in [0.4, 0.5) is 18.0 Å². The van der Waals surface area contributed by atoms with Gasteiger partial charge in [-0.3, -0.25) is 0 Å². The van der Waals surface area contributed by atoms with Gasteiger partial charge in [-0.1, -0.05) is 12.1 Å². The molecule has 1 rings (SSSR count). The molecule has 9 heteroatoms. The first-order chi connectivity index (χ1) is 10.7. The highest BCUT2D eigenvalue weighted by Gasteiger charge is 2.31. The summed E-state index contributed by atoms with van der Waals surface area (Å²) in [6.07, 6.45) is -5.82. The lowest BCUT2D eigenvalue weighted by atomic mass is 10.1. The van der Waals surface area contributed by atoms with E-state index in [4.69, 9.17) is 4.74 Å². The molecule has 23 heavy (non-hydrogen) atoms. The number of alkyl halides is 3. The van der Waals surface area contributed by atoms with E-state index in [1.54, 1.807) is 6.92 Å². The molecule has 0 fully saturated rings. The second kappa shape index (κ2) is 8.59. The highest BCUT2D eigenvalue weighted by atomic mass is 19.4. The largest absolute Gasteiger partial charge is 0.573 e. The summed E-state index contributed by atoms with van der Waals surface area (Å²) >= 11 is 0. The number of amides is 2. The van der Waals surface area contributed by atoms with Crippen LogP contribution in [-0.2, 0) is 4.74 Å². The van der Waals surface area contributed by atoms with Gasteiger partial charge >= 0.3 is 12.4 Å². The highest BCUT2D eigenvalue weighted by Crippen LogP contribution is 2.24. The second-order valence-electron chi connectivity index (χ2n) is 4.84. The minimum Gasteiger partial charge on any atom is -0.406 e. The number of aliphatic hydroxyl groups is 1. The molecule has 3 N–H and O–H groups in total. The number of urea groups is 1. The molecule has 2 amide bonds. The molecule has 0 spiro atoms. The SMILES string of the molecule is COC[C@H](C)NC(=O)NC[C@@H](O)c1ccc(OC(F)(F)F)cc1. The Morgan fingerprint density at radius 2 is 1.91 bits per heavy atom. The zero-order valence-corrected chi connectivity index (χ0v) is 12.7. The Balaban J connectivity index is 2.45. The smallest absolute Gasteiger partial charge is 0.406 e. The molecule has 1 aromatic carbocycles. The summed E-state index contributed by atoms with van der Waals surface area (Å²) in [6, 6.07) is 4.08. The molecule has 0 aromatic heterocycles. The average Bonchev–Trinajstić information content (AvgIpc) is 2.44. The number of nitrogens with one attached hydrogen (secondary N) is 2. The van der Waals surface area contributed by atoms with E-state index in [0.717, 1.165) is 12.1 Å². The zero-order chi connectivity index (χ0) is 17.5. The van der Waals surface area contributed by atoms with Gasteiger partial charge in [0.25, 0.3) is 0 Å². The minimum absolute atomic E-state index is 0.0923. The lowest BCUT2D eigenvalue weighted by Gasteiger charge is -2.16. The predicted octanol–water partition coefficient (Wildman–Crippen LogP) is 1.95. The molecule has 1 aromatic rings. The van der Waals surface area contributed by atoms with E-state index in [2.05, 4.69) is 15.4 Å². The number of hydrogen-bond acceptors (Lipinski definition) is 4. The number of benzene rings is 1. The maximum atomic E-state index is 12.0. The summed E-state index contributed by atoms with van der Waals surface area (Å²) in [5.41, 5.74) is 0.352. The summed E-state index contributed by atoms with van der Waals surface area (Å²) in [7, 11) is 1.51. The van der Waals surface area contributed by atoms with Gasteiger partial charge in [-0.15, -0.1) is 13.2 Å². The summed E-state index contributed by atoms with van der Waals surface area (Å²) < 4.78 is 44.7. The van der Waals surface area contributed by atoms with Crippen molar-refractivity contribution in [2.45, 2.75) is 25.4 Å². The normalized spacial score (nSPS) is 14.0. The number of halogens is 3. The fraction of sp³-hybridized carbons (Fsp3) is 0.500. The Labute approximate surface area is 131 Å². The first-order valence-corrected chi connectivity index (χ1v) is 6.78. The maximum absolute atomic E-state index is 12.0. The van der Waals surface area contributed by atoms with Crippen molar-refractivity contribution in [2.75, 3.05) is 20.3 Å². The fourth-order valence-corrected chi connectivity index (χ4v) is 1.77. The monoisotopic (exact) mass is 336 g/mol. The van der Waals surface area contributed by atoms with Crippen LogP contribution in [0.1, 0.15) is 18.6 Å². The second-order valence-corrected chi connectivity index (χ2v) is 4.84. The Kier molecular flexibility index (Phi) is 7.11. The van der Waals surface area contributed by atoms with Crippen LogP contribution >= 0.6 is 0 Å². The molecule has 0 aliphatic heterocycles. The van der Waals surface area contributed by atoms with Gasteiger partial charge in [-0.25, -0.2) is 4.79 Å².